The number of carbonyl (C=O) groups is 2. The number of phosphoric acid groups is 1. The number of carbonyl (C=O) groups excluding carboxylic acids is 2. The molecule has 12 aliphatic carbocycles. The van der Waals surface area contributed by atoms with Gasteiger partial charge in [-0.2, -0.15) is 9.78 Å². The second-order valence-corrected chi connectivity index (χ2v) is 24.5. The molecule has 0 amide bonds. The summed E-state index contributed by atoms with van der Waals surface area (Å²) in [7, 11) is -3.38. The first-order valence-corrected chi connectivity index (χ1v) is 28.8. The van der Waals surface area contributed by atoms with Gasteiger partial charge in [0.15, 0.2) is 11.2 Å². The molecule has 21 heteroatoms. The Labute approximate surface area is 436 Å². The molecule has 12 saturated carbocycles. The fourth-order valence-corrected chi connectivity index (χ4v) is 17.1. The fraction of sp³-hybridized carbons (Fsp3) is 0.630. The van der Waals surface area contributed by atoms with Crippen molar-refractivity contribution in [1.29, 1.82) is 0 Å². The molecule has 12 bridgehead atoms. The summed E-state index contributed by atoms with van der Waals surface area (Å²) in [5.74, 6) is 5.76. The number of methoxy groups -OCH3 is 3. The van der Waals surface area contributed by atoms with Gasteiger partial charge < -0.3 is 43.6 Å². The van der Waals surface area contributed by atoms with Gasteiger partial charge in [-0.3, -0.25) is 9.36 Å². The van der Waals surface area contributed by atoms with Crippen LogP contribution in [0, 0.1) is 71.0 Å². The lowest BCUT2D eigenvalue weighted by Crippen LogP contribution is -2.76. The monoisotopic (exact) mass is 1080 g/mol. The van der Waals surface area contributed by atoms with Crippen LogP contribution >= 0.6 is 16.1 Å². The topological polar surface area (TPSA) is 284 Å². The van der Waals surface area contributed by atoms with Crippen LogP contribution in [0.5, 0.6) is 17.2 Å². The van der Waals surface area contributed by atoms with Crippen molar-refractivity contribution in [2.75, 3.05) is 21.3 Å². The first-order valence-electron chi connectivity index (χ1n) is 26.2. The third kappa shape index (κ3) is 9.91. The Morgan fingerprint density at radius 2 is 1.00 bits per heavy atom. The molecule has 0 aromatic heterocycles. The van der Waals surface area contributed by atoms with E-state index >= 15 is 0 Å². The molecule has 14 fully saturated rings. The highest BCUT2D eigenvalue weighted by molar-refractivity contribution is 7.45. The molecule has 3 aromatic carbocycles. The number of Topliss-reactive ketones (excluding diaryl/α,β-unsaturated/α-hetero) is 1. The Morgan fingerprint density at radius 3 is 1.35 bits per heavy atom. The Balaban J connectivity index is 0.000000117. The Morgan fingerprint density at radius 1 is 0.613 bits per heavy atom. The van der Waals surface area contributed by atoms with E-state index in [4.69, 9.17) is 48.6 Å². The first kappa shape index (κ1) is 54.4. The highest BCUT2D eigenvalue weighted by atomic mass is 31.2. The van der Waals surface area contributed by atoms with Crippen molar-refractivity contribution in [3.63, 3.8) is 0 Å². The van der Waals surface area contributed by atoms with Crippen LogP contribution in [0.2, 0.25) is 0 Å². The number of benzene rings is 3. The largest absolute Gasteiger partial charge is 0.872 e. The van der Waals surface area contributed by atoms with Gasteiger partial charge in [0.25, 0.3) is 11.6 Å². The van der Waals surface area contributed by atoms with Crippen molar-refractivity contribution in [3.05, 3.63) is 89.5 Å². The molecule has 17 rings (SSSR count). The van der Waals surface area contributed by atoms with Gasteiger partial charge in [0.05, 0.1) is 12.7 Å². The predicted molar refractivity (Wildman–Crippen MR) is 255 cm³/mol. The number of ketones is 1. The summed E-state index contributed by atoms with van der Waals surface area (Å²) in [6, 6.07) is 19.1. The lowest BCUT2D eigenvalue weighted by molar-refractivity contribution is -0.645. The molecule has 0 radical (unpaired) electrons. The smallest absolute Gasteiger partial charge is 0.521 e. The van der Waals surface area contributed by atoms with E-state index in [0.717, 1.165) is 66.8 Å². The van der Waals surface area contributed by atoms with Gasteiger partial charge in [-0.15, -0.1) is 11.5 Å². The van der Waals surface area contributed by atoms with Crippen LogP contribution in [0.15, 0.2) is 72.8 Å². The summed E-state index contributed by atoms with van der Waals surface area (Å²) >= 11 is 0. The van der Waals surface area contributed by atoms with Crippen LogP contribution in [-0.4, -0.2) is 54.4 Å². The standard InChI is InChI=1S/C18H23O7P.C18H22O4.C10H14O.C8H8O3.HO4P/c1-22-18(13-3-2-4-16(10-13)23-26(19,20)21)17(24-25-18)14-6-11-5-12(8-14)9-15(17)7-11;1-20-18(13-3-2-4-16(19)10-13)17(21-22-18)14-6-11-5-12(8-14)9-15(17)7-11;11-10-8-2-6-1-7(4-8)5-9(10)3-6;1-11-8(10)6-3-2-4-7(9)5-6;1-4-5(2)3/h2-4,10-12,14-15H,5-9H2,1H3,(H2,19,20,21);2-4,10-12,14-15,19H,5-9H2,1H3;6-9H,1-5H2;2-5,9H,1H3;1H/p-3. The number of hydrogen-bond donors (Lipinski definition) is 2. The van der Waals surface area contributed by atoms with E-state index in [1.807, 2.05) is 12.1 Å². The Kier molecular flexibility index (Phi) is 15.5. The average molecular weight is 1080 g/mol. The molecular weight excluding hydrogens is 1010 g/mol. The number of rotatable bonds is 8. The van der Waals surface area contributed by atoms with Crippen molar-refractivity contribution >= 4 is 27.8 Å². The predicted octanol–water partition coefficient (Wildman–Crippen LogP) is 7.25. The van der Waals surface area contributed by atoms with Gasteiger partial charge in [0.2, 0.25) is 0 Å². The van der Waals surface area contributed by atoms with Crippen molar-refractivity contribution < 1.29 is 91.8 Å². The van der Waals surface area contributed by atoms with Crippen molar-refractivity contribution in [2.24, 2.45) is 71.0 Å². The molecule has 14 aliphatic rings. The van der Waals surface area contributed by atoms with Crippen molar-refractivity contribution in [1.82, 2.24) is 0 Å². The highest BCUT2D eigenvalue weighted by Crippen LogP contribution is 2.71. The van der Waals surface area contributed by atoms with E-state index in [2.05, 4.69) is 13.9 Å². The highest BCUT2D eigenvalue weighted by Gasteiger charge is 2.78. The minimum absolute atomic E-state index is 0.0107. The van der Waals surface area contributed by atoms with Gasteiger partial charge >= 0.3 is 22.0 Å². The molecule has 75 heavy (non-hydrogen) atoms. The van der Waals surface area contributed by atoms with Gasteiger partial charge in [0, 0.05) is 41.9 Å². The molecule has 2 aliphatic heterocycles. The average Bonchev–Trinajstić information content (AvgIpc) is 3.36. The van der Waals surface area contributed by atoms with E-state index in [9.17, 15) is 29.3 Å². The molecule has 4 unspecified atom stereocenters. The van der Waals surface area contributed by atoms with E-state index in [1.54, 1.807) is 44.6 Å². The second-order valence-electron chi connectivity index (χ2n) is 22.8. The van der Waals surface area contributed by atoms with E-state index in [0.29, 0.717) is 52.4 Å². The first-order chi connectivity index (χ1) is 35.9. The number of ether oxygens (including phenoxy) is 3. The van der Waals surface area contributed by atoms with Crippen LogP contribution in [0.4, 0.5) is 0 Å². The van der Waals surface area contributed by atoms with Gasteiger partial charge in [-0.05, 0) is 178 Å². The molecule has 2 N–H and O–H groups in total. The number of esters is 1. The molecule has 2 saturated heterocycles. The quantitative estimate of drug-likeness (QED) is 0.0972. The molecular formula is C54H65O19P2-3. The molecule has 19 nitrogen and oxygen atoms in total. The summed E-state index contributed by atoms with van der Waals surface area (Å²) in [4.78, 5) is 74.4. The Bertz CT molecular complexity index is 2550. The fourth-order valence-electron chi connectivity index (χ4n) is 16.7. The van der Waals surface area contributed by atoms with Gasteiger partial charge in [-0.25, -0.2) is 19.8 Å². The maximum absolute atomic E-state index is 11.8. The second kappa shape index (κ2) is 21.4. The zero-order chi connectivity index (χ0) is 53.1. The van der Waals surface area contributed by atoms with E-state index in [1.165, 1.54) is 108 Å². The van der Waals surface area contributed by atoms with Gasteiger partial charge in [0.1, 0.15) is 11.5 Å². The lowest BCUT2D eigenvalue weighted by atomic mass is 9.47. The maximum atomic E-state index is 11.8. The SMILES string of the molecule is COC(=O)c1cccc([O-])c1.COC1(c2cccc(OP(=O)([O-])O)c2)OOC12C1CC3CC(C1)CC2C3.COC1(c2cccc([O-])c2)OOC12C1CC3CC(C1)CC2C3.O=C1C2CC3CC(C2)CC1C3.O=[P+]([O-])OO. The minimum Gasteiger partial charge on any atom is -0.872 e. The summed E-state index contributed by atoms with van der Waals surface area (Å²) in [6.45, 7) is 0. The maximum Gasteiger partial charge on any atom is 0.521 e. The molecule has 408 valence electrons. The summed E-state index contributed by atoms with van der Waals surface area (Å²) in [6.07, 6.45) is 18.4. The molecule has 4 atom stereocenters. The molecule has 2 heterocycles. The summed E-state index contributed by atoms with van der Waals surface area (Å²) < 4.78 is 43.6. The van der Waals surface area contributed by atoms with E-state index < -0.39 is 44.8 Å². The summed E-state index contributed by atoms with van der Waals surface area (Å²) in [5.41, 5.74) is 0.794. The van der Waals surface area contributed by atoms with Crippen LogP contribution in [0.25, 0.3) is 0 Å². The zero-order valence-corrected chi connectivity index (χ0v) is 44.0. The van der Waals surface area contributed by atoms with Crippen molar-refractivity contribution in [3.8, 4) is 17.2 Å². The molecule has 2 spiro atoms. The van der Waals surface area contributed by atoms with Gasteiger partial charge in [-0.1, -0.05) is 54.6 Å². The number of hydrogen-bond acceptors (Lipinski definition) is 18. The molecule has 3 aromatic rings. The van der Waals surface area contributed by atoms with Crippen molar-refractivity contribution in [2.45, 2.75) is 119 Å². The lowest BCUT2D eigenvalue weighted by Gasteiger charge is -2.68. The van der Waals surface area contributed by atoms with E-state index in [-0.39, 0.29) is 17.2 Å². The number of phosphoric ester groups is 1. The van der Waals surface area contributed by atoms with Crippen LogP contribution in [0.3, 0.4) is 0 Å². The zero-order valence-electron chi connectivity index (χ0n) is 42.2. The van der Waals surface area contributed by atoms with Crippen LogP contribution in [0.1, 0.15) is 118 Å². The normalized spacial score (nSPS) is 39.9. The van der Waals surface area contributed by atoms with Crippen LogP contribution < -0.4 is 24.5 Å². The third-order valence-corrected chi connectivity index (χ3v) is 19.4. The third-order valence-electron chi connectivity index (χ3n) is 18.8. The summed E-state index contributed by atoms with van der Waals surface area (Å²) in [5, 5.41) is 29.6. The minimum atomic E-state index is -4.88. The Hall–Kier alpha value is -3.91. The van der Waals surface area contributed by atoms with Crippen LogP contribution in [-0.2, 0) is 63.9 Å².